The van der Waals surface area contributed by atoms with Gasteiger partial charge in [0.05, 0.1) is 11.4 Å². The fourth-order valence-electron chi connectivity index (χ4n) is 2.41. The molecule has 20 heavy (non-hydrogen) atoms. The number of nitrogens with two attached hydrogens (primary N) is 1. The molecular weight excluding hydrogens is 246 g/mol. The van der Waals surface area contributed by atoms with Gasteiger partial charge < -0.3 is 11.1 Å². The number of hydrogen-bond donors (Lipinski definition) is 2. The number of nitrogens with zero attached hydrogens (tertiary/aromatic N) is 1. The Morgan fingerprint density at radius 2 is 1.60 bits per heavy atom. The van der Waals surface area contributed by atoms with Gasteiger partial charge in [-0.2, -0.15) is 0 Å². The van der Waals surface area contributed by atoms with Crippen molar-refractivity contribution in [1.82, 2.24) is 4.98 Å². The molecule has 3 nitrogen and oxygen atoms in total. The number of rotatable bonds is 3. The smallest absolute Gasteiger partial charge is 0.126 e. The van der Waals surface area contributed by atoms with Gasteiger partial charge in [0.2, 0.25) is 0 Å². The van der Waals surface area contributed by atoms with Crippen LogP contribution in [0.5, 0.6) is 0 Å². The summed E-state index contributed by atoms with van der Waals surface area (Å²) in [5.41, 5.74) is 14.1. The molecule has 106 valence electrons. The second-order valence-electron chi connectivity index (χ2n) is 5.46. The normalized spacial score (nSPS) is 10.7. The van der Waals surface area contributed by atoms with E-state index in [0.717, 1.165) is 23.7 Å². The number of aryl methyl sites for hydroxylation is 3. The average Bonchev–Trinajstić information content (AvgIpc) is 2.40. The van der Waals surface area contributed by atoms with Crippen molar-refractivity contribution in [2.45, 2.75) is 41.2 Å². The Morgan fingerprint density at radius 3 is 2.15 bits per heavy atom. The summed E-state index contributed by atoms with van der Waals surface area (Å²) in [6, 6.07) is 6.07. The third kappa shape index (κ3) is 2.77. The summed E-state index contributed by atoms with van der Waals surface area (Å²) in [4.78, 5) is 4.46. The highest BCUT2D eigenvalue weighted by Gasteiger charge is 2.08. The SMILES string of the molecule is Cc1cc(C)c(C)c(CNc2ccc(N)c(C)n2)c1C. The zero-order chi connectivity index (χ0) is 14.9. The highest BCUT2D eigenvalue weighted by molar-refractivity contribution is 5.50. The lowest BCUT2D eigenvalue weighted by atomic mass is 9.94. The van der Waals surface area contributed by atoms with E-state index in [1.54, 1.807) is 0 Å². The van der Waals surface area contributed by atoms with Crippen LogP contribution in [0.2, 0.25) is 0 Å². The molecule has 3 heteroatoms. The molecule has 0 unspecified atom stereocenters. The molecule has 1 aromatic carbocycles. The van der Waals surface area contributed by atoms with Gasteiger partial charge >= 0.3 is 0 Å². The number of aromatic nitrogens is 1. The molecular formula is C17H23N3. The first-order chi connectivity index (χ1) is 9.40. The van der Waals surface area contributed by atoms with Gasteiger partial charge in [-0.25, -0.2) is 4.98 Å². The topological polar surface area (TPSA) is 50.9 Å². The lowest BCUT2D eigenvalue weighted by molar-refractivity contribution is 1.04. The molecule has 1 aromatic heterocycles. The van der Waals surface area contributed by atoms with Crippen molar-refractivity contribution in [1.29, 1.82) is 0 Å². The van der Waals surface area contributed by atoms with Crippen molar-refractivity contribution >= 4 is 11.5 Å². The van der Waals surface area contributed by atoms with Gasteiger partial charge in [-0.3, -0.25) is 0 Å². The van der Waals surface area contributed by atoms with Crippen molar-refractivity contribution in [2.24, 2.45) is 0 Å². The minimum absolute atomic E-state index is 0.731. The number of nitrogen functional groups attached to an aromatic ring is 1. The monoisotopic (exact) mass is 269 g/mol. The number of pyridine rings is 1. The van der Waals surface area contributed by atoms with Crippen LogP contribution < -0.4 is 11.1 Å². The predicted octanol–water partition coefficient (Wildman–Crippen LogP) is 3.82. The van der Waals surface area contributed by atoms with E-state index in [4.69, 9.17) is 5.73 Å². The minimum atomic E-state index is 0.731. The number of nitrogens with one attached hydrogen (secondary N) is 1. The zero-order valence-electron chi connectivity index (χ0n) is 13.0. The van der Waals surface area contributed by atoms with Crippen LogP contribution in [0.25, 0.3) is 0 Å². The number of hydrogen-bond acceptors (Lipinski definition) is 3. The molecule has 0 bridgehead atoms. The van der Waals surface area contributed by atoms with E-state index in [2.05, 4.69) is 44.1 Å². The van der Waals surface area contributed by atoms with Gasteiger partial charge in [0, 0.05) is 6.54 Å². The van der Waals surface area contributed by atoms with E-state index in [1.807, 2.05) is 19.1 Å². The molecule has 0 fully saturated rings. The minimum Gasteiger partial charge on any atom is -0.397 e. The Labute approximate surface area is 121 Å². The second kappa shape index (κ2) is 5.53. The Balaban J connectivity index is 2.25. The number of benzene rings is 1. The van der Waals surface area contributed by atoms with Crippen LogP contribution >= 0.6 is 0 Å². The quantitative estimate of drug-likeness (QED) is 0.890. The van der Waals surface area contributed by atoms with E-state index < -0.39 is 0 Å². The summed E-state index contributed by atoms with van der Waals surface area (Å²) in [7, 11) is 0. The van der Waals surface area contributed by atoms with Crippen LogP contribution in [-0.2, 0) is 6.54 Å². The third-order valence-corrected chi connectivity index (χ3v) is 4.09. The van der Waals surface area contributed by atoms with E-state index >= 15 is 0 Å². The first-order valence-electron chi connectivity index (χ1n) is 6.93. The molecule has 0 aliphatic heterocycles. The number of anilines is 2. The summed E-state index contributed by atoms with van der Waals surface area (Å²) in [5.74, 6) is 0.870. The van der Waals surface area contributed by atoms with Gasteiger partial charge in [-0.15, -0.1) is 0 Å². The van der Waals surface area contributed by atoms with Gasteiger partial charge in [0.15, 0.2) is 0 Å². The van der Waals surface area contributed by atoms with Crippen molar-refractivity contribution in [3.05, 3.63) is 51.7 Å². The summed E-state index contributed by atoms with van der Waals surface area (Å²) >= 11 is 0. The highest BCUT2D eigenvalue weighted by Crippen LogP contribution is 2.22. The molecule has 0 atom stereocenters. The molecule has 0 radical (unpaired) electrons. The van der Waals surface area contributed by atoms with Crippen LogP contribution in [0, 0.1) is 34.6 Å². The molecule has 0 aliphatic carbocycles. The van der Waals surface area contributed by atoms with Crippen molar-refractivity contribution < 1.29 is 0 Å². The highest BCUT2D eigenvalue weighted by atomic mass is 15.0. The van der Waals surface area contributed by atoms with E-state index in [1.165, 1.54) is 27.8 Å². The van der Waals surface area contributed by atoms with Crippen LogP contribution in [-0.4, -0.2) is 4.98 Å². The Bertz CT molecular complexity index is 619. The molecule has 0 amide bonds. The first kappa shape index (κ1) is 14.4. The zero-order valence-corrected chi connectivity index (χ0v) is 13.0. The summed E-state index contributed by atoms with van der Waals surface area (Å²) in [6.07, 6.45) is 0. The van der Waals surface area contributed by atoms with Gasteiger partial charge in [0.25, 0.3) is 0 Å². The van der Waals surface area contributed by atoms with Crippen LogP contribution in [0.4, 0.5) is 11.5 Å². The molecule has 0 saturated carbocycles. The van der Waals surface area contributed by atoms with E-state index in [0.29, 0.717) is 0 Å². The molecule has 1 heterocycles. The van der Waals surface area contributed by atoms with Crippen molar-refractivity contribution in [2.75, 3.05) is 11.1 Å². The maximum absolute atomic E-state index is 5.79. The van der Waals surface area contributed by atoms with E-state index in [-0.39, 0.29) is 0 Å². The average molecular weight is 269 g/mol. The van der Waals surface area contributed by atoms with Crippen LogP contribution in [0.3, 0.4) is 0 Å². The van der Waals surface area contributed by atoms with Crippen molar-refractivity contribution in [3.8, 4) is 0 Å². The molecule has 2 aromatic rings. The summed E-state index contributed by atoms with van der Waals surface area (Å²) in [6.45, 7) is 11.4. The second-order valence-corrected chi connectivity index (χ2v) is 5.46. The predicted molar refractivity (Wildman–Crippen MR) is 86.1 cm³/mol. The standard InChI is InChI=1S/C17H23N3/c1-10-8-11(2)13(4)15(12(10)3)9-19-17-7-6-16(18)14(5)20-17/h6-8H,9,18H2,1-5H3,(H,19,20). The molecule has 3 N–H and O–H groups in total. The van der Waals surface area contributed by atoms with Gasteiger partial charge in [-0.1, -0.05) is 6.07 Å². The van der Waals surface area contributed by atoms with Gasteiger partial charge in [-0.05, 0) is 74.6 Å². The van der Waals surface area contributed by atoms with Crippen molar-refractivity contribution in [3.63, 3.8) is 0 Å². The Morgan fingerprint density at radius 1 is 1.00 bits per heavy atom. The molecule has 0 spiro atoms. The molecule has 2 rings (SSSR count). The fourth-order valence-corrected chi connectivity index (χ4v) is 2.41. The maximum Gasteiger partial charge on any atom is 0.126 e. The molecule has 0 saturated heterocycles. The lowest BCUT2D eigenvalue weighted by Gasteiger charge is -2.16. The van der Waals surface area contributed by atoms with Gasteiger partial charge in [0.1, 0.15) is 5.82 Å². The fraction of sp³-hybridized carbons (Fsp3) is 0.353. The maximum atomic E-state index is 5.79. The summed E-state index contributed by atoms with van der Waals surface area (Å²) < 4.78 is 0. The third-order valence-electron chi connectivity index (χ3n) is 4.09. The summed E-state index contributed by atoms with van der Waals surface area (Å²) in [5, 5.41) is 3.40. The first-order valence-corrected chi connectivity index (χ1v) is 6.93. The van der Waals surface area contributed by atoms with E-state index in [9.17, 15) is 0 Å². The largest absolute Gasteiger partial charge is 0.397 e. The molecule has 0 aliphatic rings. The lowest BCUT2D eigenvalue weighted by Crippen LogP contribution is -2.08. The van der Waals surface area contributed by atoms with Crippen LogP contribution in [0.1, 0.15) is 33.5 Å². The Kier molecular flexibility index (Phi) is 3.98. The van der Waals surface area contributed by atoms with Crippen LogP contribution in [0.15, 0.2) is 18.2 Å². The Hall–Kier alpha value is -2.03.